The van der Waals surface area contributed by atoms with E-state index < -0.39 is 0 Å². The second-order valence-corrected chi connectivity index (χ2v) is 12.2. The fourth-order valence-corrected chi connectivity index (χ4v) is 7.85. The molecule has 1 aliphatic carbocycles. The highest BCUT2D eigenvalue weighted by Crippen LogP contribution is 2.52. The molecule has 1 fully saturated rings. The van der Waals surface area contributed by atoms with Gasteiger partial charge < -0.3 is 0 Å². The van der Waals surface area contributed by atoms with Gasteiger partial charge in [0.05, 0.1) is 10.9 Å². The SMILES string of the molecule is Cc1c2c(c(C)c3cc(CC(C)C)ccc13)-c1c3c(cc(C4CCCCC4)cc3cc[n+]1C)S2. The first-order chi connectivity index (χ1) is 16.4. The van der Waals surface area contributed by atoms with Crippen molar-refractivity contribution in [1.29, 1.82) is 0 Å². The van der Waals surface area contributed by atoms with Crippen LogP contribution in [0.1, 0.15) is 74.1 Å². The molecule has 0 unspecified atom stereocenters. The molecule has 0 saturated heterocycles. The Labute approximate surface area is 208 Å². The second-order valence-electron chi connectivity index (χ2n) is 11.1. The van der Waals surface area contributed by atoms with E-state index in [9.17, 15) is 0 Å². The summed E-state index contributed by atoms with van der Waals surface area (Å²) in [6, 6.07) is 14.6. The van der Waals surface area contributed by atoms with Crippen molar-refractivity contribution < 1.29 is 4.57 Å². The van der Waals surface area contributed by atoms with Crippen LogP contribution < -0.4 is 4.57 Å². The van der Waals surface area contributed by atoms with E-state index in [1.165, 1.54) is 91.4 Å². The molecular formula is C32H36NS+. The zero-order chi connectivity index (χ0) is 23.6. The number of hydrogen-bond acceptors (Lipinski definition) is 1. The number of aryl methyl sites for hydroxylation is 3. The van der Waals surface area contributed by atoms with Gasteiger partial charge in [-0.05, 0) is 89.4 Å². The quantitative estimate of drug-likeness (QED) is 0.240. The van der Waals surface area contributed by atoms with Gasteiger partial charge in [0, 0.05) is 15.9 Å². The molecule has 1 aliphatic heterocycles. The van der Waals surface area contributed by atoms with Gasteiger partial charge in [-0.1, -0.05) is 69.1 Å². The van der Waals surface area contributed by atoms with E-state index in [1.807, 2.05) is 11.8 Å². The van der Waals surface area contributed by atoms with E-state index in [0.717, 1.165) is 12.3 Å². The Kier molecular flexibility index (Phi) is 5.48. The van der Waals surface area contributed by atoms with Crippen LogP contribution in [0.5, 0.6) is 0 Å². The average Bonchev–Trinajstić information content (AvgIpc) is 2.84. The van der Waals surface area contributed by atoms with E-state index in [-0.39, 0.29) is 0 Å². The number of fused-ring (bicyclic) bond motifs is 3. The predicted molar refractivity (Wildman–Crippen MR) is 146 cm³/mol. The Morgan fingerprint density at radius 3 is 2.50 bits per heavy atom. The molecule has 1 saturated carbocycles. The first-order valence-corrected chi connectivity index (χ1v) is 13.9. The molecule has 174 valence electrons. The molecule has 2 heteroatoms. The van der Waals surface area contributed by atoms with Gasteiger partial charge in [0.15, 0.2) is 6.20 Å². The molecule has 34 heavy (non-hydrogen) atoms. The Morgan fingerprint density at radius 2 is 1.74 bits per heavy atom. The minimum absolute atomic E-state index is 0.670. The van der Waals surface area contributed by atoms with Gasteiger partial charge in [-0.2, -0.15) is 0 Å². The van der Waals surface area contributed by atoms with Crippen LogP contribution in [0.3, 0.4) is 0 Å². The second kappa shape index (κ2) is 8.41. The maximum atomic E-state index is 2.54. The third kappa shape index (κ3) is 3.49. The lowest BCUT2D eigenvalue weighted by atomic mass is 9.83. The van der Waals surface area contributed by atoms with Gasteiger partial charge in [0.2, 0.25) is 5.69 Å². The summed E-state index contributed by atoms with van der Waals surface area (Å²) < 4.78 is 2.36. The Balaban J connectivity index is 1.61. The minimum atomic E-state index is 0.670. The lowest BCUT2D eigenvalue weighted by Gasteiger charge is -2.26. The van der Waals surface area contributed by atoms with Gasteiger partial charge >= 0.3 is 0 Å². The van der Waals surface area contributed by atoms with Crippen LogP contribution in [-0.2, 0) is 13.5 Å². The fraction of sp³-hybridized carbons (Fsp3) is 0.406. The van der Waals surface area contributed by atoms with E-state index in [2.05, 4.69) is 81.9 Å². The summed E-state index contributed by atoms with van der Waals surface area (Å²) in [5, 5.41) is 5.70. The molecule has 0 radical (unpaired) electrons. The third-order valence-electron chi connectivity index (χ3n) is 8.23. The molecule has 0 bridgehead atoms. The Morgan fingerprint density at radius 1 is 0.941 bits per heavy atom. The van der Waals surface area contributed by atoms with Crippen molar-refractivity contribution in [3.05, 3.63) is 64.8 Å². The summed E-state index contributed by atoms with van der Waals surface area (Å²) in [5.74, 6) is 1.40. The molecule has 0 atom stereocenters. The summed E-state index contributed by atoms with van der Waals surface area (Å²) in [4.78, 5) is 2.91. The molecule has 2 aliphatic rings. The van der Waals surface area contributed by atoms with Gasteiger partial charge in [0.1, 0.15) is 7.05 Å². The number of hydrogen-bond donors (Lipinski definition) is 0. The maximum absolute atomic E-state index is 2.54. The predicted octanol–water partition coefficient (Wildman–Crippen LogP) is 8.81. The van der Waals surface area contributed by atoms with Crippen molar-refractivity contribution in [2.24, 2.45) is 13.0 Å². The van der Waals surface area contributed by atoms with Gasteiger partial charge in [-0.3, -0.25) is 0 Å². The third-order valence-corrected chi connectivity index (χ3v) is 9.48. The van der Waals surface area contributed by atoms with Gasteiger partial charge in [-0.15, -0.1) is 0 Å². The number of pyridine rings is 1. The molecule has 0 N–H and O–H groups in total. The highest BCUT2D eigenvalue weighted by Gasteiger charge is 2.31. The maximum Gasteiger partial charge on any atom is 0.222 e. The molecule has 0 spiro atoms. The molecular weight excluding hydrogens is 430 g/mol. The number of nitrogens with zero attached hydrogens (tertiary/aromatic N) is 1. The first kappa shape index (κ1) is 22.2. The van der Waals surface area contributed by atoms with Crippen molar-refractivity contribution in [2.45, 2.75) is 81.9 Å². The minimum Gasteiger partial charge on any atom is -0.200 e. The standard InChI is InChI=1S/C32H36NS/c1-19(2)15-22-11-12-26-21(4)32-29(20(3)27(26)16-22)31-30-24(13-14-33(31)5)17-25(18-28(30)34-32)23-9-7-6-8-10-23/h11-14,16-19,23H,6-10,15H2,1-5H3/q+1. The molecule has 0 amide bonds. The van der Waals surface area contributed by atoms with Gasteiger partial charge in [-0.25, -0.2) is 4.57 Å². The summed E-state index contributed by atoms with van der Waals surface area (Å²) in [7, 11) is 2.22. The van der Waals surface area contributed by atoms with Crippen LogP contribution in [0.2, 0.25) is 0 Å². The summed E-state index contributed by atoms with van der Waals surface area (Å²) in [6.45, 7) is 9.31. The number of benzene rings is 3. The van der Waals surface area contributed by atoms with Crippen LogP contribution in [0.25, 0.3) is 32.8 Å². The van der Waals surface area contributed by atoms with E-state index >= 15 is 0 Å². The zero-order valence-electron chi connectivity index (χ0n) is 21.3. The molecule has 2 heterocycles. The topological polar surface area (TPSA) is 3.88 Å². The molecule has 6 rings (SSSR count). The van der Waals surface area contributed by atoms with Crippen LogP contribution >= 0.6 is 11.8 Å². The normalized spacial score (nSPS) is 15.9. The largest absolute Gasteiger partial charge is 0.222 e. The molecule has 4 aromatic rings. The highest BCUT2D eigenvalue weighted by atomic mass is 32.2. The van der Waals surface area contributed by atoms with E-state index in [0.29, 0.717) is 5.92 Å². The van der Waals surface area contributed by atoms with Crippen LogP contribution in [0.4, 0.5) is 0 Å². The molecule has 3 aromatic carbocycles. The van der Waals surface area contributed by atoms with Crippen molar-refractivity contribution in [2.75, 3.05) is 0 Å². The van der Waals surface area contributed by atoms with Crippen molar-refractivity contribution >= 4 is 33.3 Å². The Hall–Kier alpha value is -2.32. The summed E-state index contributed by atoms with van der Waals surface area (Å²) >= 11 is 2.02. The average molecular weight is 467 g/mol. The van der Waals surface area contributed by atoms with Crippen LogP contribution in [0, 0.1) is 19.8 Å². The van der Waals surface area contributed by atoms with Crippen molar-refractivity contribution in [3.63, 3.8) is 0 Å². The first-order valence-electron chi connectivity index (χ1n) is 13.1. The summed E-state index contributed by atoms with van der Waals surface area (Å²) in [6.07, 6.45) is 10.3. The summed E-state index contributed by atoms with van der Waals surface area (Å²) in [5.41, 5.74) is 8.72. The fourth-order valence-electron chi connectivity index (χ4n) is 6.51. The smallest absolute Gasteiger partial charge is 0.200 e. The van der Waals surface area contributed by atoms with Gasteiger partial charge in [0.25, 0.3) is 0 Å². The van der Waals surface area contributed by atoms with E-state index in [4.69, 9.17) is 0 Å². The van der Waals surface area contributed by atoms with Crippen molar-refractivity contribution in [3.8, 4) is 11.3 Å². The van der Waals surface area contributed by atoms with Crippen molar-refractivity contribution in [1.82, 2.24) is 0 Å². The number of rotatable bonds is 3. The highest BCUT2D eigenvalue weighted by molar-refractivity contribution is 7.99. The lowest BCUT2D eigenvalue weighted by molar-refractivity contribution is -0.659. The van der Waals surface area contributed by atoms with Crippen LogP contribution in [0.15, 0.2) is 52.4 Å². The van der Waals surface area contributed by atoms with E-state index in [1.54, 1.807) is 5.56 Å². The molecule has 1 aromatic heterocycles. The molecule has 1 nitrogen and oxygen atoms in total. The van der Waals surface area contributed by atoms with Crippen LogP contribution in [-0.4, -0.2) is 0 Å². The zero-order valence-corrected chi connectivity index (χ0v) is 22.1. The number of aromatic nitrogens is 1. The Bertz CT molecular complexity index is 1440. The lowest BCUT2D eigenvalue weighted by Crippen LogP contribution is -2.32. The monoisotopic (exact) mass is 466 g/mol.